The predicted octanol–water partition coefficient (Wildman–Crippen LogP) is 2.15. The zero-order chi connectivity index (χ0) is 16.2. The molecule has 0 unspecified atom stereocenters. The van der Waals surface area contributed by atoms with E-state index in [4.69, 9.17) is 0 Å². The molecule has 130 valence electrons. The molecule has 0 atom stereocenters. The number of nitrogens with zero attached hydrogens (tertiary/aromatic N) is 4. The molecule has 3 rings (SSSR count). The molecule has 0 spiro atoms. The lowest BCUT2D eigenvalue weighted by atomic mass is 10.1. The first kappa shape index (κ1) is 18.4. The number of aromatic nitrogens is 4. The first-order valence-corrected chi connectivity index (χ1v) is 8.01. The molecule has 0 radical (unpaired) electrons. The van der Waals surface area contributed by atoms with E-state index >= 15 is 0 Å². The minimum absolute atomic E-state index is 0. The standard InChI is InChI=1S/C16H22N6O.ClH/c1-11(2)13-8-14(20-15(23)10-17-9-12-4-5-12)22(21-13)16-18-6-3-7-19-16;/h3,6-8,11-12,17H,4-5,9-10H2,1-2H3,(H,20,23);1H. The Bertz CT molecular complexity index is 668. The van der Waals surface area contributed by atoms with E-state index in [0.717, 1.165) is 18.2 Å². The summed E-state index contributed by atoms with van der Waals surface area (Å²) in [6.07, 6.45) is 5.85. The van der Waals surface area contributed by atoms with Gasteiger partial charge in [-0.2, -0.15) is 9.78 Å². The molecular formula is C16H23ClN6O. The van der Waals surface area contributed by atoms with Crippen molar-refractivity contribution in [3.05, 3.63) is 30.2 Å². The molecule has 1 amide bonds. The van der Waals surface area contributed by atoms with E-state index in [2.05, 4.69) is 39.5 Å². The van der Waals surface area contributed by atoms with Gasteiger partial charge in [0.05, 0.1) is 12.2 Å². The van der Waals surface area contributed by atoms with Crippen LogP contribution in [0.1, 0.15) is 38.3 Å². The summed E-state index contributed by atoms with van der Waals surface area (Å²) >= 11 is 0. The maximum absolute atomic E-state index is 12.1. The molecule has 24 heavy (non-hydrogen) atoms. The van der Waals surface area contributed by atoms with Crippen molar-refractivity contribution in [1.82, 2.24) is 25.1 Å². The Morgan fingerprint density at radius 2 is 2.04 bits per heavy atom. The Morgan fingerprint density at radius 3 is 2.67 bits per heavy atom. The second-order valence-corrected chi connectivity index (χ2v) is 6.19. The lowest BCUT2D eigenvalue weighted by molar-refractivity contribution is -0.115. The summed E-state index contributed by atoms with van der Waals surface area (Å²) in [5.74, 6) is 1.96. The van der Waals surface area contributed by atoms with Crippen molar-refractivity contribution in [2.75, 3.05) is 18.4 Å². The third-order valence-corrected chi connectivity index (χ3v) is 3.74. The first-order chi connectivity index (χ1) is 11.1. The highest BCUT2D eigenvalue weighted by Crippen LogP contribution is 2.27. The minimum atomic E-state index is -0.0852. The molecule has 1 saturated carbocycles. The zero-order valence-corrected chi connectivity index (χ0v) is 14.7. The molecular weight excluding hydrogens is 328 g/mol. The smallest absolute Gasteiger partial charge is 0.252 e. The number of nitrogens with one attached hydrogen (secondary N) is 2. The molecule has 1 aliphatic carbocycles. The van der Waals surface area contributed by atoms with Gasteiger partial charge in [-0.3, -0.25) is 4.79 Å². The van der Waals surface area contributed by atoms with E-state index in [1.807, 2.05) is 6.07 Å². The molecule has 2 N–H and O–H groups in total. The van der Waals surface area contributed by atoms with E-state index in [1.165, 1.54) is 12.8 Å². The maximum Gasteiger partial charge on any atom is 0.252 e. The summed E-state index contributed by atoms with van der Waals surface area (Å²) in [4.78, 5) is 20.5. The summed E-state index contributed by atoms with van der Waals surface area (Å²) < 4.78 is 1.58. The van der Waals surface area contributed by atoms with E-state index in [9.17, 15) is 4.79 Å². The van der Waals surface area contributed by atoms with Gasteiger partial charge in [0, 0.05) is 18.5 Å². The summed E-state index contributed by atoms with van der Waals surface area (Å²) in [6, 6.07) is 3.62. The second-order valence-electron chi connectivity index (χ2n) is 6.19. The van der Waals surface area contributed by atoms with Crippen LogP contribution in [0.25, 0.3) is 5.95 Å². The molecule has 8 heteroatoms. The normalized spacial score (nSPS) is 13.6. The van der Waals surface area contributed by atoms with Crippen molar-refractivity contribution < 1.29 is 4.79 Å². The van der Waals surface area contributed by atoms with Gasteiger partial charge < -0.3 is 10.6 Å². The first-order valence-electron chi connectivity index (χ1n) is 8.01. The maximum atomic E-state index is 12.1. The summed E-state index contributed by atoms with van der Waals surface area (Å²) in [5.41, 5.74) is 0.888. The van der Waals surface area contributed by atoms with Crippen LogP contribution >= 0.6 is 12.4 Å². The molecule has 0 aliphatic heterocycles. The largest absolute Gasteiger partial charge is 0.309 e. The fraction of sp³-hybridized carbons (Fsp3) is 0.500. The highest BCUT2D eigenvalue weighted by molar-refractivity contribution is 5.91. The molecule has 2 aromatic rings. The molecule has 0 bridgehead atoms. The Morgan fingerprint density at radius 1 is 1.33 bits per heavy atom. The molecule has 7 nitrogen and oxygen atoms in total. The van der Waals surface area contributed by atoms with E-state index in [0.29, 0.717) is 18.3 Å². The third-order valence-electron chi connectivity index (χ3n) is 3.74. The van der Waals surface area contributed by atoms with Gasteiger partial charge in [-0.1, -0.05) is 13.8 Å². The third kappa shape index (κ3) is 4.75. The average molecular weight is 351 g/mol. The highest BCUT2D eigenvalue weighted by Gasteiger charge is 2.21. The lowest BCUT2D eigenvalue weighted by Gasteiger charge is -2.07. The molecule has 1 fully saturated rings. The molecule has 2 aromatic heterocycles. The van der Waals surface area contributed by atoms with Crippen LogP contribution in [0.15, 0.2) is 24.5 Å². The summed E-state index contributed by atoms with van der Waals surface area (Å²) in [7, 11) is 0. The van der Waals surface area contributed by atoms with Gasteiger partial charge in [0.1, 0.15) is 5.82 Å². The van der Waals surface area contributed by atoms with Crippen molar-refractivity contribution in [2.45, 2.75) is 32.6 Å². The number of anilines is 1. The Hall–Kier alpha value is -1.99. The van der Waals surface area contributed by atoms with Crippen molar-refractivity contribution in [3.8, 4) is 5.95 Å². The number of carbonyl (C=O) groups excluding carboxylic acids is 1. The fourth-order valence-corrected chi connectivity index (χ4v) is 2.22. The Labute approximate surface area is 147 Å². The lowest BCUT2D eigenvalue weighted by Crippen LogP contribution is -2.30. The number of amides is 1. The summed E-state index contributed by atoms with van der Waals surface area (Å²) in [6.45, 7) is 5.32. The van der Waals surface area contributed by atoms with Crippen molar-refractivity contribution in [1.29, 1.82) is 0 Å². The predicted molar refractivity (Wildman–Crippen MR) is 94.7 cm³/mol. The van der Waals surface area contributed by atoms with Gasteiger partial charge in [-0.05, 0) is 37.3 Å². The Kier molecular flexibility index (Phi) is 6.28. The number of rotatable bonds is 7. The van der Waals surface area contributed by atoms with Crippen molar-refractivity contribution in [2.24, 2.45) is 5.92 Å². The average Bonchev–Trinajstić information content (AvgIpc) is 3.26. The SMILES string of the molecule is CC(C)c1cc(NC(=O)CNCC2CC2)n(-c2ncccn2)n1.Cl. The number of hydrogen-bond acceptors (Lipinski definition) is 5. The van der Waals surface area contributed by atoms with Gasteiger partial charge in [0.2, 0.25) is 5.91 Å². The van der Waals surface area contributed by atoms with Gasteiger partial charge in [0.15, 0.2) is 0 Å². The van der Waals surface area contributed by atoms with E-state index < -0.39 is 0 Å². The van der Waals surface area contributed by atoms with Gasteiger partial charge >= 0.3 is 0 Å². The minimum Gasteiger partial charge on any atom is -0.309 e. The fourth-order valence-electron chi connectivity index (χ4n) is 2.22. The van der Waals surface area contributed by atoms with Crippen LogP contribution in [0.5, 0.6) is 0 Å². The molecule has 0 aromatic carbocycles. The summed E-state index contributed by atoms with van der Waals surface area (Å²) in [5, 5.41) is 10.6. The van der Waals surface area contributed by atoms with Crippen LogP contribution in [-0.2, 0) is 4.79 Å². The number of halogens is 1. The second kappa shape index (κ2) is 8.21. The van der Waals surface area contributed by atoms with Crippen molar-refractivity contribution in [3.63, 3.8) is 0 Å². The Balaban J connectivity index is 0.00000208. The van der Waals surface area contributed by atoms with Crippen LogP contribution in [-0.4, -0.2) is 38.7 Å². The van der Waals surface area contributed by atoms with Gasteiger partial charge in [-0.15, -0.1) is 12.4 Å². The zero-order valence-electron chi connectivity index (χ0n) is 13.9. The molecule has 2 heterocycles. The van der Waals surface area contributed by atoms with Crippen LogP contribution < -0.4 is 10.6 Å². The molecule has 1 aliphatic rings. The van der Waals surface area contributed by atoms with Crippen LogP contribution in [0.3, 0.4) is 0 Å². The quantitative estimate of drug-likeness (QED) is 0.799. The van der Waals surface area contributed by atoms with Gasteiger partial charge in [-0.25, -0.2) is 9.97 Å². The number of carbonyl (C=O) groups is 1. The van der Waals surface area contributed by atoms with Crippen molar-refractivity contribution >= 4 is 24.1 Å². The van der Waals surface area contributed by atoms with Crippen LogP contribution in [0.4, 0.5) is 5.82 Å². The highest BCUT2D eigenvalue weighted by atomic mass is 35.5. The monoisotopic (exact) mass is 350 g/mol. The van der Waals surface area contributed by atoms with Gasteiger partial charge in [0.25, 0.3) is 5.95 Å². The number of hydrogen-bond donors (Lipinski definition) is 2. The van der Waals surface area contributed by atoms with E-state index in [-0.39, 0.29) is 24.2 Å². The topological polar surface area (TPSA) is 84.7 Å². The van der Waals surface area contributed by atoms with Crippen LogP contribution in [0, 0.1) is 5.92 Å². The van der Waals surface area contributed by atoms with E-state index in [1.54, 1.807) is 23.1 Å². The molecule has 0 saturated heterocycles. The van der Waals surface area contributed by atoms with Crippen LogP contribution in [0.2, 0.25) is 0 Å².